The molecule has 0 aromatic rings. The number of halogens is 5. The van der Waals surface area contributed by atoms with Gasteiger partial charge in [-0.3, -0.25) is 19.2 Å². The molecular formula is C58H88F5NO16. The Morgan fingerprint density at radius 2 is 1.52 bits per heavy atom. The predicted molar refractivity (Wildman–Crippen MR) is 283 cm³/mol. The Morgan fingerprint density at radius 3 is 2.20 bits per heavy atom. The van der Waals surface area contributed by atoms with Crippen LogP contribution in [0.5, 0.6) is 0 Å². The van der Waals surface area contributed by atoms with Crippen molar-refractivity contribution in [3.05, 3.63) is 47.6 Å². The number of carbonyl (C=O) groups is 5. The van der Waals surface area contributed by atoms with Crippen molar-refractivity contribution in [2.75, 3.05) is 60.4 Å². The van der Waals surface area contributed by atoms with Crippen LogP contribution in [0.3, 0.4) is 0 Å². The van der Waals surface area contributed by atoms with E-state index < -0.39 is 109 Å². The van der Waals surface area contributed by atoms with Gasteiger partial charge < -0.3 is 58.1 Å². The highest BCUT2D eigenvalue weighted by molar-refractivity contribution is 6.39. The van der Waals surface area contributed by atoms with Gasteiger partial charge in [-0.05, 0) is 107 Å². The molecule has 456 valence electrons. The fourth-order valence-corrected chi connectivity index (χ4v) is 11.1. The number of aliphatic hydroxyl groups is 3. The smallest absolute Gasteiger partial charge is 0.460 e. The number of carbonyl (C=O) groups excluding carboxylic acids is 5. The fraction of sp³-hybridized carbons (Fsp3) is 0.776. The van der Waals surface area contributed by atoms with Gasteiger partial charge in [0.2, 0.25) is 5.79 Å². The molecule has 15 atom stereocenters. The lowest BCUT2D eigenvalue weighted by atomic mass is 9.78. The first kappa shape index (κ1) is 68.7. The van der Waals surface area contributed by atoms with Gasteiger partial charge in [-0.1, -0.05) is 71.1 Å². The Bertz CT molecular complexity index is 2140. The van der Waals surface area contributed by atoms with Crippen LogP contribution in [-0.4, -0.2) is 177 Å². The summed E-state index contributed by atoms with van der Waals surface area (Å²) in [6, 6.07) is -1.26. The summed E-state index contributed by atoms with van der Waals surface area (Å²) in [5, 5.41) is 33.1. The van der Waals surface area contributed by atoms with Crippen LogP contribution in [0.2, 0.25) is 0 Å². The van der Waals surface area contributed by atoms with Gasteiger partial charge in [0.25, 0.3) is 11.7 Å². The van der Waals surface area contributed by atoms with Crippen molar-refractivity contribution in [3.8, 4) is 0 Å². The third-order valence-corrected chi connectivity index (χ3v) is 16.0. The Hall–Kier alpha value is -3.84. The zero-order chi connectivity index (χ0) is 59.5. The minimum Gasteiger partial charge on any atom is -0.460 e. The highest BCUT2D eigenvalue weighted by Gasteiger charge is 2.59. The number of alkyl halides is 5. The first-order valence-corrected chi connectivity index (χ1v) is 28.2. The minimum absolute atomic E-state index is 0.0228. The number of allylic oxidation sites excluding steroid dienone is 6. The Labute approximate surface area is 467 Å². The van der Waals surface area contributed by atoms with Crippen molar-refractivity contribution in [2.24, 2.45) is 35.5 Å². The maximum absolute atomic E-state index is 14.6. The third kappa shape index (κ3) is 19.6. The summed E-state index contributed by atoms with van der Waals surface area (Å²) >= 11 is 0. The van der Waals surface area contributed by atoms with Crippen LogP contribution in [0.1, 0.15) is 126 Å². The first-order valence-electron chi connectivity index (χ1n) is 28.2. The van der Waals surface area contributed by atoms with Crippen LogP contribution >= 0.6 is 0 Å². The molecule has 0 radical (unpaired) electrons. The standard InChI is InChI=1S/C58H88F5NO16/c1-35-15-11-10-12-16-36(2)47(77-27-25-75-26-28-78-58(62,63)57(59,60)61)33-43-20-18-41(7)56(72,80-43)53(69)54(70)64-22-14-13-17-44(64)55(71)79-48(38(4)31-42-19-21-46(76-24-23-65)49(32-42)73-8)34-45(66)37(3)30-40(6)51(68)52(74-9)50(67)39(5)29-35/h10-12,15-16,30,35,37-39,41-44,46-49,51-52,65,68,72H,13-14,17-29,31-34H2,1-9H3/b12-10+,15-11-,36-16+,40-30+/t35-,37-,38-,39-,41-,42+,43+,44+,46-,47+,48+,49-,51-,52+,56-/m1/s1. The van der Waals surface area contributed by atoms with Gasteiger partial charge in [0.1, 0.15) is 30.1 Å². The van der Waals surface area contributed by atoms with E-state index in [0.717, 1.165) is 11.3 Å². The maximum Gasteiger partial charge on any atom is 0.482 e. The number of hydrogen-bond acceptors (Lipinski definition) is 16. The molecule has 0 aromatic heterocycles. The molecular weight excluding hydrogens is 1060 g/mol. The fourth-order valence-electron chi connectivity index (χ4n) is 11.1. The molecule has 17 nitrogen and oxygen atoms in total. The van der Waals surface area contributed by atoms with E-state index in [1.54, 1.807) is 72.1 Å². The van der Waals surface area contributed by atoms with Gasteiger partial charge in [-0.25, -0.2) is 4.79 Å². The van der Waals surface area contributed by atoms with E-state index in [-0.39, 0.29) is 94.3 Å². The molecule has 4 rings (SSSR count). The summed E-state index contributed by atoms with van der Waals surface area (Å²) in [6.45, 7) is 10.0. The minimum atomic E-state index is -5.90. The van der Waals surface area contributed by atoms with Gasteiger partial charge in [0, 0.05) is 51.4 Å². The summed E-state index contributed by atoms with van der Waals surface area (Å²) in [4.78, 5) is 72.7. The van der Waals surface area contributed by atoms with E-state index >= 15 is 0 Å². The van der Waals surface area contributed by atoms with Crippen LogP contribution in [0, 0.1) is 35.5 Å². The van der Waals surface area contributed by atoms with Crippen molar-refractivity contribution in [3.63, 3.8) is 0 Å². The summed E-state index contributed by atoms with van der Waals surface area (Å²) in [7, 11) is 2.92. The molecule has 1 aliphatic carbocycles. The van der Waals surface area contributed by atoms with E-state index in [4.69, 9.17) is 33.2 Å². The Kier molecular flexibility index (Phi) is 27.7. The summed E-state index contributed by atoms with van der Waals surface area (Å²) in [6.07, 6.45) is -2.37. The largest absolute Gasteiger partial charge is 0.482 e. The summed E-state index contributed by atoms with van der Waals surface area (Å²) < 4.78 is 109. The second kappa shape index (κ2) is 32.3. The molecule has 2 bridgehead atoms. The van der Waals surface area contributed by atoms with Gasteiger partial charge in [0.05, 0.1) is 64.1 Å². The number of ether oxygens (including phenoxy) is 8. The molecule has 3 N–H and O–H groups in total. The number of rotatable bonds is 16. The topological polar surface area (TPSA) is 223 Å². The van der Waals surface area contributed by atoms with Crippen molar-refractivity contribution >= 4 is 29.2 Å². The normalized spacial score (nSPS) is 35.5. The van der Waals surface area contributed by atoms with Gasteiger partial charge in [-0.15, -0.1) is 0 Å². The van der Waals surface area contributed by atoms with Crippen LogP contribution < -0.4 is 0 Å². The monoisotopic (exact) mass is 1150 g/mol. The SMILES string of the molecule is CO[C@@H]1C[C@H](C[C@@H](C)[C@@H]2CC(=O)[C@H](C)/C=C(\C)[C@@H](O)[C@@H](OC)C(=O)[C@H](C)C[C@H](C)\C=C/C=C/C=C(\C)[C@@H](OCCOCCOC(F)(F)C(F)(F)F)C[C@@H]3CC[C@@H](C)[C@@](O)(O3)C(=O)C(=O)N3CCCC[C@H]3C(=O)O2)CC[C@H]1OCCO. The number of fused-ring (bicyclic) bond motifs is 3. The molecule has 0 unspecified atom stereocenters. The number of ketones is 3. The van der Waals surface area contributed by atoms with E-state index in [1.165, 1.54) is 7.11 Å². The molecule has 0 spiro atoms. The number of hydrogen-bond donors (Lipinski definition) is 3. The average Bonchev–Trinajstić information content (AvgIpc) is 3.43. The highest BCUT2D eigenvalue weighted by Crippen LogP contribution is 2.39. The highest BCUT2D eigenvalue weighted by atomic mass is 19.4. The molecule has 80 heavy (non-hydrogen) atoms. The average molecular weight is 1150 g/mol. The molecule has 22 heteroatoms. The number of methoxy groups -OCH3 is 2. The predicted octanol–water partition coefficient (Wildman–Crippen LogP) is 7.76. The van der Waals surface area contributed by atoms with Crippen LogP contribution in [0.4, 0.5) is 22.0 Å². The Balaban J connectivity index is 1.68. The van der Waals surface area contributed by atoms with Gasteiger partial charge in [0.15, 0.2) is 5.78 Å². The maximum atomic E-state index is 14.6. The molecule has 0 aromatic carbocycles. The Morgan fingerprint density at radius 1 is 0.812 bits per heavy atom. The second-order valence-corrected chi connectivity index (χ2v) is 22.3. The molecule has 1 amide bonds. The molecule has 3 fully saturated rings. The molecule has 4 aliphatic rings. The van der Waals surface area contributed by atoms with Crippen molar-refractivity contribution in [1.29, 1.82) is 0 Å². The zero-order valence-electron chi connectivity index (χ0n) is 48.0. The third-order valence-electron chi connectivity index (χ3n) is 16.0. The number of Topliss-reactive ketones (excluding diaryl/α,β-unsaturated/α-hetero) is 3. The molecule has 3 aliphatic heterocycles. The van der Waals surface area contributed by atoms with Crippen LogP contribution in [0.25, 0.3) is 0 Å². The number of esters is 1. The number of cyclic esters (lactones) is 1. The lowest BCUT2D eigenvalue weighted by Gasteiger charge is -2.43. The van der Waals surface area contributed by atoms with E-state index in [2.05, 4.69) is 4.74 Å². The van der Waals surface area contributed by atoms with Crippen molar-refractivity contribution in [2.45, 2.75) is 192 Å². The molecule has 3 heterocycles. The number of piperidine rings is 1. The zero-order valence-corrected chi connectivity index (χ0v) is 48.0. The number of nitrogens with zero attached hydrogens (tertiary/aromatic N) is 1. The molecule has 1 saturated carbocycles. The number of aliphatic hydroxyl groups excluding tert-OH is 2. The summed E-state index contributed by atoms with van der Waals surface area (Å²) in [5.41, 5.74) is 0.944. The van der Waals surface area contributed by atoms with E-state index in [1.807, 2.05) is 19.9 Å². The van der Waals surface area contributed by atoms with Crippen LogP contribution in [0.15, 0.2) is 47.6 Å². The van der Waals surface area contributed by atoms with Gasteiger partial charge in [-0.2, -0.15) is 22.0 Å². The lowest BCUT2D eigenvalue weighted by molar-refractivity contribution is -0.392. The first-order chi connectivity index (χ1) is 37.7. The van der Waals surface area contributed by atoms with Crippen molar-refractivity contribution < 1.29 is 99.1 Å². The number of amides is 1. The lowest BCUT2D eigenvalue weighted by Crippen LogP contribution is -2.61. The van der Waals surface area contributed by atoms with Crippen LogP contribution in [-0.2, 0) is 61.9 Å². The summed E-state index contributed by atoms with van der Waals surface area (Å²) in [5.74, 6) is -9.27. The second-order valence-electron chi connectivity index (χ2n) is 22.3. The molecule has 2 saturated heterocycles. The van der Waals surface area contributed by atoms with E-state index in [0.29, 0.717) is 56.1 Å². The van der Waals surface area contributed by atoms with Gasteiger partial charge >= 0.3 is 18.3 Å². The van der Waals surface area contributed by atoms with Crippen molar-refractivity contribution in [1.82, 2.24) is 4.90 Å². The quantitative estimate of drug-likeness (QED) is 0.0442. The van der Waals surface area contributed by atoms with E-state index in [9.17, 15) is 61.2 Å².